The van der Waals surface area contributed by atoms with Gasteiger partial charge >= 0.3 is 5.97 Å². The molecule has 1 aromatic carbocycles. The number of amides is 1. The molecule has 3 N–H and O–H groups in total. The van der Waals surface area contributed by atoms with Crippen molar-refractivity contribution >= 4 is 11.9 Å². The number of carboxylic acid groups (broad SMARTS) is 1. The monoisotopic (exact) mass is 280 g/mol. The second-order valence-electron chi connectivity index (χ2n) is 4.02. The number of aromatic amines is 1. The summed E-state index contributed by atoms with van der Waals surface area (Å²) in [7, 11) is 0. The van der Waals surface area contributed by atoms with Gasteiger partial charge in [0.1, 0.15) is 0 Å². The lowest BCUT2D eigenvalue weighted by Gasteiger charge is -2.08. The number of aromatic nitrogens is 1. The van der Waals surface area contributed by atoms with E-state index in [0.717, 1.165) is 5.56 Å². The molecule has 20 heavy (non-hydrogen) atoms. The predicted molar refractivity (Wildman–Crippen MR) is 65.3 cm³/mol. The van der Waals surface area contributed by atoms with Crippen LogP contribution in [0.4, 0.5) is 8.78 Å². The number of nitrogens with one attached hydrogen (secondary N) is 2. The van der Waals surface area contributed by atoms with Crippen molar-refractivity contribution in [2.75, 3.05) is 0 Å². The van der Waals surface area contributed by atoms with E-state index in [9.17, 15) is 18.4 Å². The van der Waals surface area contributed by atoms with Gasteiger partial charge < -0.3 is 15.4 Å². The Morgan fingerprint density at radius 1 is 1.20 bits per heavy atom. The summed E-state index contributed by atoms with van der Waals surface area (Å²) in [5, 5.41) is 11.3. The molecular weight excluding hydrogens is 270 g/mol. The fraction of sp³-hybridized carbons (Fsp3) is 0.0769. The van der Waals surface area contributed by atoms with Crippen LogP contribution in [0.2, 0.25) is 0 Å². The largest absolute Gasteiger partial charge is 0.478 e. The van der Waals surface area contributed by atoms with Crippen LogP contribution in [0, 0.1) is 11.6 Å². The molecule has 1 aromatic heterocycles. The molecule has 104 valence electrons. The van der Waals surface area contributed by atoms with E-state index >= 15 is 0 Å². The van der Waals surface area contributed by atoms with E-state index in [2.05, 4.69) is 10.3 Å². The van der Waals surface area contributed by atoms with Crippen molar-refractivity contribution in [3.8, 4) is 0 Å². The number of carboxylic acids is 1. The molecule has 0 aliphatic rings. The van der Waals surface area contributed by atoms with Crippen LogP contribution in [0.15, 0.2) is 30.6 Å². The van der Waals surface area contributed by atoms with E-state index < -0.39 is 34.6 Å². The Bertz CT molecular complexity index is 654. The molecule has 0 unspecified atom stereocenters. The normalized spacial score (nSPS) is 10.3. The minimum Gasteiger partial charge on any atom is -0.478 e. The second kappa shape index (κ2) is 5.52. The fourth-order valence-electron chi connectivity index (χ4n) is 1.66. The zero-order chi connectivity index (χ0) is 14.7. The fourth-order valence-corrected chi connectivity index (χ4v) is 1.66. The first-order valence-electron chi connectivity index (χ1n) is 5.61. The van der Waals surface area contributed by atoms with Gasteiger partial charge in [-0.2, -0.15) is 0 Å². The molecule has 0 radical (unpaired) electrons. The highest BCUT2D eigenvalue weighted by Crippen LogP contribution is 2.15. The van der Waals surface area contributed by atoms with E-state index in [-0.39, 0.29) is 6.54 Å². The van der Waals surface area contributed by atoms with Gasteiger partial charge in [-0.25, -0.2) is 13.6 Å². The van der Waals surface area contributed by atoms with Crippen molar-refractivity contribution in [2.24, 2.45) is 0 Å². The van der Waals surface area contributed by atoms with Gasteiger partial charge in [0.2, 0.25) is 0 Å². The van der Waals surface area contributed by atoms with Crippen LogP contribution in [-0.2, 0) is 6.54 Å². The molecule has 2 aromatic rings. The molecule has 5 nitrogen and oxygen atoms in total. The molecule has 0 saturated heterocycles. The molecule has 0 bridgehead atoms. The van der Waals surface area contributed by atoms with Crippen LogP contribution < -0.4 is 5.32 Å². The molecule has 2 rings (SSSR count). The number of carbonyl (C=O) groups excluding carboxylic acids is 1. The number of carbonyl (C=O) groups is 2. The first-order valence-corrected chi connectivity index (χ1v) is 5.61. The van der Waals surface area contributed by atoms with Gasteiger partial charge in [0.25, 0.3) is 5.91 Å². The number of hydrogen-bond acceptors (Lipinski definition) is 2. The summed E-state index contributed by atoms with van der Waals surface area (Å²) in [4.78, 5) is 25.6. The molecule has 0 fully saturated rings. The smallest absolute Gasteiger partial charge is 0.336 e. The first-order chi connectivity index (χ1) is 9.49. The van der Waals surface area contributed by atoms with Crippen molar-refractivity contribution in [2.45, 2.75) is 6.54 Å². The number of halogens is 2. The summed E-state index contributed by atoms with van der Waals surface area (Å²) in [5.41, 5.74) is -0.250. The topological polar surface area (TPSA) is 82.2 Å². The molecule has 0 atom stereocenters. The Morgan fingerprint density at radius 3 is 2.40 bits per heavy atom. The predicted octanol–water partition coefficient (Wildman–Crippen LogP) is 1.92. The lowest BCUT2D eigenvalue weighted by atomic mass is 10.1. The molecular formula is C13H10F2N2O3. The summed E-state index contributed by atoms with van der Waals surface area (Å²) in [5.74, 6) is -4.88. The summed E-state index contributed by atoms with van der Waals surface area (Å²) in [6, 6.07) is 2.78. The number of rotatable bonds is 4. The van der Waals surface area contributed by atoms with Crippen LogP contribution >= 0.6 is 0 Å². The minimum absolute atomic E-state index is 0.139. The highest BCUT2D eigenvalue weighted by molar-refractivity contribution is 6.04. The van der Waals surface area contributed by atoms with E-state index in [1.807, 2.05) is 0 Å². The highest BCUT2D eigenvalue weighted by Gasteiger charge is 2.20. The van der Waals surface area contributed by atoms with Crippen molar-refractivity contribution in [3.05, 3.63) is 58.9 Å². The molecule has 1 heterocycles. The third kappa shape index (κ3) is 2.82. The van der Waals surface area contributed by atoms with Gasteiger partial charge in [-0.05, 0) is 23.8 Å². The lowest BCUT2D eigenvalue weighted by molar-refractivity contribution is 0.0690. The van der Waals surface area contributed by atoms with Crippen LogP contribution in [0.1, 0.15) is 26.3 Å². The van der Waals surface area contributed by atoms with Crippen LogP contribution in [0.5, 0.6) is 0 Å². The lowest BCUT2D eigenvalue weighted by Crippen LogP contribution is -2.25. The van der Waals surface area contributed by atoms with E-state index in [0.29, 0.717) is 12.1 Å². The summed E-state index contributed by atoms with van der Waals surface area (Å²) < 4.78 is 26.2. The third-order valence-corrected chi connectivity index (χ3v) is 2.65. The Morgan fingerprint density at radius 2 is 1.85 bits per heavy atom. The Kier molecular flexibility index (Phi) is 3.79. The molecule has 0 aliphatic carbocycles. The van der Waals surface area contributed by atoms with Crippen molar-refractivity contribution in [1.82, 2.24) is 10.3 Å². The van der Waals surface area contributed by atoms with Crippen molar-refractivity contribution in [1.29, 1.82) is 0 Å². The van der Waals surface area contributed by atoms with Crippen LogP contribution in [-0.4, -0.2) is 22.0 Å². The quantitative estimate of drug-likeness (QED) is 0.800. The average Bonchev–Trinajstić information content (AvgIpc) is 2.91. The third-order valence-electron chi connectivity index (χ3n) is 2.65. The Labute approximate surface area is 112 Å². The second-order valence-corrected chi connectivity index (χ2v) is 4.02. The van der Waals surface area contributed by atoms with E-state index in [1.54, 1.807) is 18.5 Å². The maximum Gasteiger partial charge on any atom is 0.336 e. The maximum atomic E-state index is 13.1. The van der Waals surface area contributed by atoms with Gasteiger partial charge in [-0.15, -0.1) is 0 Å². The van der Waals surface area contributed by atoms with Gasteiger partial charge in [0, 0.05) is 18.9 Å². The summed E-state index contributed by atoms with van der Waals surface area (Å²) in [6.45, 7) is 0.139. The number of benzene rings is 1. The first kappa shape index (κ1) is 13.7. The molecule has 0 aliphatic heterocycles. The highest BCUT2D eigenvalue weighted by atomic mass is 19.2. The minimum atomic E-state index is -1.50. The SMILES string of the molecule is O=C(O)c1cc(F)c(F)cc1C(=O)NCc1cc[nH]c1. The zero-order valence-corrected chi connectivity index (χ0v) is 10.1. The van der Waals surface area contributed by atoms with Gasteiger partial charge in [0.05, 0.1) is 11.1 Å². The summed E-state index contributed by atoms with van der Waals surface area (Å²) >= 11 is 0. The molecule has 0 spiro atoms. The van der Waals surface area contributed by atoms with Crippen LogP contribution in [0.3, 0.4) is 0 Å². The van der Waals surface area contributed by atoms with Crippen molar-refractivity contribution in [3.63, 3.8) is 0 Å². The zero-order valence-electron chi connectivity index (χ0n) is 10.1. The molecule has 0 saturated carbocycles. The van der Waals surface area contributed by atoms with Gasteiger partial charge in [-0.1, -0.05) is 0 Å². The van der Waals surface area contributed by atoms with Crippen molar-refractivity contribution < 1.29 is 23.5 Å². The molecule has 1 amide bonds. The Balaban J connectivity index is 2.24. The average molecular weight is 280 g/mol. The standard InChI is InChI=1S/C13H10F2N2O3/c14-10-3-8(9(13(19)20)4-11(10)15)12(18)17-6-7-1-2-16-5-7/h1-5,16H,6H2,(H,17,18)(H,19,20). The maximum absolute atomic E-state index is 13.1. The van der Waals surface area contributed by atoms with E-state index in [1.165, 1.54) is 0 Å². The van der Waals surface area contributed by atoms with Gasteiger partial charge in [0.15, 0.2) is 11.6 Å². The number of H-pyrrole nitrogens is 1. The molecule has 7 heteroatoms. The number of hydrogen-bond donors (Lipinski definition) is 3. The Hall–Kier alpha value is -2.70. The number of aromatic carboxylic acids is 1. The summed E-state index contributed by atoms with van der Waals surface area (Å²) in [6.07, 6.45) is 3.30. The van der Waals surface area contributed by atoms with Crippen LogP contribution in [0.25, 0.3) is 0 Å². The van der Waals surface area contributed by atoms with E-state index in [4.69, 9.17) is 5.11 Å². The van der Waals surface area contributed by atoms with Gasteiger partial charge in [-0.3, -0.25) is 4.79 Å².